The average molecular weight is 550 g/mol. The molecule has 1 spiro atoms. The normalized spacial score (nSPS) is 39.1. The van der Waals surface area contributed by atoms with Gasteiger partial charge in [-0.25, -0.2) is 0 Å². The molecule has 2 N–H and O–H groups in total. The number of ether oxygens (including phenoxy) is 2. The maximum absolute atomic E-state index is 14.4. The van der Waals surface area contributed by atoms with E-state index in [-0.39, 0.29) is 17.9 Å². The van der Waals surface area contributed by atoms with E-state index < -0.39 is 58.7 Å². The van der Waals surface area contributed by atoms with E-state index in [1.54, 1.807) is 19.1 Å². The second kappa shape index (κ2) is 11.2. The quantitative estimate of drug-likeness (QED) is 0.436. The zero-order chi connectivity index (χ0) is 29.4. The Morgan fingerprint density at radius 3 is 2.35 bits per heavy atom. The van der Waals surface area contributed by atoms with E-state index in [0.29, 0.717) is 18.4 Å². The summed E-state index contributed by atoms with van der Waals surface area (Å²) in [6.45, 7) is 11.9. The van der Waals surface area contributed by atoms with Gasteiger partial charge in [0.05, 0.1) is 0 Å². The molecule has 2 aliphatic carbocycles. The van der Waals surface area contributed by atoms with Crippen LogP contribution in [0.2, 0.25) is 0 Å². The Morgan fingerprint density at radius 1 is 1.07 bits per heavy atom. The molecular weight excluding hydrogens is 510 g/mol. The van der Waals surface area contributed by atoms with Gasteiger partial charge in [0, 0.05) is 37.6 Å². The van der Waals surface area contributed by atoms with Gasteiger partial charge in [0.25, 0.3) is 0 Å². The number of allylic oxidation sites excluding steroid dienone is 1. The predicted molar refractivity (Wildman–Crippen MR) is 149 cm³/mol. The Labute approximate surface area is 235 Å². The maximum atomic E-state index is 14.4. The van der Waals surface area contributed by atoms with Crippen LogP contribution in [0.5, 0.6) is 0 Å². The van der Waals surface area contributed by atoms with Gasteiger partial charge in [-0.05, 0) is 49.0 Å². The van der Waals surface area contributed by atoms with Crippen molar-refractivity contribution in [2.24, 2.45) is 29.1 Å². The third-order valence-electron chi connectivity index (χ3n) is 8.79. The zero-order valence-electron chi connectivity index (χ0n) is 23.8. The number of carbonyl (C=O) groups is 4. The summed E-state index contributed by atoms with van der Waals surface area (Å²) in [4.78, 5) is 52.3. The van der Waals surface area contributed by atoms with Crippen molar-refractivity contribution in [3.05, 3.63) is 72.4 Å². The highest BCUT2D eigenvalue weighted by Crippen LogP contribution is 2.59. The molecule has 1 saturated carbocycles. The zero-order valence-corrected chi connectivity index (χ0v) is 23.8. The monoisotopic (exact) mass is 549 g/mol. The van der Waals surface area contributed by atoms with Gasteiger partial charge in [-0.15, -0.1) is 0 Å². The van der Waals surface area contributed by atoms with E-state index in [0.717, 1.165) is 5.56 Å². The van der Waals surface area contributed by atoms with Gasteiger partial charge in [-0.1, -0.05) is 62.9 Å². The van der Waals surface area contributed by atoms with Crippen LogP contribution >= 0.6 is 0 Å². The van der Waals surface area contributed by atoms with Crippen molar-refractivity contribution in [3.63, 3.8) is 0 Å². The molecule has 214 valence electrons. The lowest BCUT2D eigenvalue weighted by molar-refractivity contribution is -0.173. The fourth-order valence-corrected chi connectivity index (χ4v) is 6.98. The van der Waals surface area contributed by atoms with Crippen molar-refractivity contribution < 1.29 is 33.8 Å². The largest absolute Gasteiger partial charge is 0.457 e. The lowest BCUT2D eigenvalue weighted by atomic mass is 9.51. The molecule has 8 heteroatoms. The number of nitrogens with one attached hydrogen (secondary N) is 1. The average Bonchev–Trinajstić information content (AvgIpc) is 3.17. The lowest BCUT2D eigenvalue weighted by Gasteiger charge is -2.53. The standard InChI is InChI=1S/C32H39NO7/c1-18-11-10-14-24-28(40-22(5)35)20(3)19(2)27-25(17-23-12-8-7-9-13-23)33-30(37)32(24,27)26(39-21(4)34)15-16-31(6,38)29(18)36/h7-10,12-16,18-19,24-28,38H,3,11,17H2,1-2,4-6H3,(H,33,37)/b14-10+,16-15+/t18-,19+,24-,25-,26+,27-,28+,31+,32+/m0/s1. The van der Waals surface area contributed by atoms with Crippen molar-refractivity contribution in [2.45, 2.75) is 71.3 Å². The van der Waals surface area contributed by atoms with Gasteiger partial charge < -0.3 is 19.9 Å². The summed E-state index contributed by atoms with van der Waals surface area (Å²) >= 11 is 0. The summed E-state index contributed by atoms with van der Waals surface area (Å²) in [6.07, 6.45) is 5.14. The Morgan fingerprint density at radius 2 is 1.73 bits per heavy atom. The molecule has 0 aromatic heterocycles. The summed E-state index contributed by atoms with van der Waals surface area (Å²) < 4.78 is 11.7. The van der Waals surface area contributed by atoms with E-state index in [4.69, 9.17) is 9.47 Å². The van der Waals surface area contributed by atoms with E-state index in [2.05, 4.69) is 11.9 Å². The number of Topliss-reactive ketones (excluding diaryl/α,β-unsaturated/α-hetero) is 1. The van der Waals surface area contributed by atoms with E-state index in [1.807, 2.05) is 37.3 Å². The van der Waals surface area contributed by atoms with E-state index in [1.165, 1.54) is 32.9 Å². The van der Waals surface area contributed by atoms with Crippen molar-refractivity contribution in [1.29, 1.82) is 0 Å². The minimum absolute atomic E-state index is 0.294. The first-order valence-electron chi connectivity index (χ1n) is 13.8. The molecule has 1 saturated heterocycles. The Bertz CT molecular complexity index is 1250. The van der Waals surface area contributed by atoms with Crippen LogP contribution in [0, 0.1) is 29.1 Å². The van der Waals surface area contributed by atoms with Crippen LogP contribution in [0.3, 0.4) is 0 Å². The first-order chi connectivity index (χ1) is 18.8. The van der Waals surface area contributed by atoms with Gasteiger partial charge in [0.2, 0.25) is 5.91 Å². The summed E-state index contributed by atoms with van der Waals surface area (Å²) in [7, 11) is 0. The number of hydrogen-bond donors (Lipinski definition) is 2. The Balaban J connectivity index is 1.99. The third kappa shape index (κ3) is 5.17. The van der Waals surface area contributed by atoms with Gasteiger partial charge in [-0.2, -0.15) is 0 Å². The van der Waals surface area contributed by atoms with E-state index in [9.17, 15) is 24.3 Å². The SMILES string of the molecule is C=C1[C@@H](C)[C@H]2[C@H](Cc3ccccc3)NC(=O)[C@]23[C@H](OC(C)=O)/C=C/[C@@](C)(O)C(=O)[C@@H](C)C/C=C/[C@H]3[C@@H]1OC(C)=O. The van der Waals surface area contributed by atoms with Crippen molar-refractivity contribution in [3.8, 4) is 0 Å². The summed E-state index contributed by atoms with van der Waals surface area (Å²) in [5.74, 6) is -3.94. The number of ketones is 1. The predicted octanol–water partition coefficient (Wildman–Crippen LogP) is 3.49. The molecule has 0 unspecified atom stereocenters. The molecule has 0 bridgehead atoms. The molecule has 1 aromatic rings. The van der Waals surface area contributed by atoms with E-state index >= 15 is 0 Å². The topological polar surface area (TPSA) is 119 Å². The molecule has 4 rings (SSSR count). The van der Waals surface area contributed by atoms with Crippen LogP contribution in [0.4, 0.5) is 0 Å². The number of rotatable bonds is 4. The minimum Gasteiger partial charge on any atom is -0.457 e. The van der Waals surface area contributed by atoms with Crippen LogP contribution in [0.25, 0.3) is 0 Å². The summed E-state index contributed by atoms with van der Waals surface area (Å²) in [5.41, 5.74) is -1.59. The molecule has 1 aromatic carbocycles. The van der Waals surface area contributed by atoms with Crippen LogP contribution in [-0.4, -0.2) is 52.6 Å². The fourth-order valence-electron chi connectivity index (χ4n) is 6.98. The highest BCUT2D eigenvalue weighted by atomic mass is 16.6. The van der Waals surface area contributed by atoms with Crippen molar-refractivity contribution in [1.82, 2.24) is 5.32 Å². The molecule has 9 atom stereocenters. The first-order valence-corrected chi connectivity index (χ1v) is 13.8. The summed E-state index contributed by atoms with van der Waals surface area (Å²) in [6, 6.07) is 9.42. The van der Waals surface area contributed by atoms with Crippen LogP contribution in [0.15, 0.2) is 66.8 Å². The Hall–Kier alpha value is -3.52. The number of benzene rings is 1. The Kier molecular flexibility index (Phi) is 8.22. The lowest BCUT2D eigenvalue weighted by Crippen LogP contribution is -2.61. The minimum atomic E-state index is -1.85. The number of hydrogen-bond acceptors (Lipinski definition) is 7. The van der Waals surface area contributed by atoms with Crippen LogP contribution in [0.1, 0.15) is 46.6 Å². The number of aliphatic hydroxyl groups is 1. The van der Waals surface area contributed by atoms with Gasteiger partial charge in [-0.3, -0.25) is 19.2 Å². The second-order valence-corrected chi connectivity index (χ2v) is 11.6. The molecule has 8 nitrogen and oxygen atoms in total. The number of esters is 2. The molecule has 2 fully saturated rings. The van der Waals surface area contributed by atoms with Gasteiger partial charge in [0.15, 0.2) is 5.78 Å². The maximum Gasteiger partial charge on any atom is 0.303 e. The highest BCUT2D eigenvalue weighted by Gasteiger charge is 2.69. The molecule has 1 amide bonds. The molecule has 1 aliphatic heterocycles. The second-order valence-electron chi connectivity index (χ2n) is 11.6. The first kappa shape index (κ1) is 29.5. The summed E-state index contributed by atoms with van der Waals surface area (Å²) in [5, 5.41) is 14.3. The molecule has 1 heterocycles. The van der Waals surface area contributed by atoms with Crippen molar-refractivity contribution in [2.75, 3.05) is 0 Å². The van der Waals surface area contributed by atoms with Crippen LogP contribution < -0.4 is 5.32 Å². The highest BCUT2D eigenvalue weighted by molar-refractivity contribution is 5.91. The molecule has 3 aliphatic rings. The van der Waals surface area contributed by atoms with Gasteiger partial charge >= 0.3 is 11.9 Å². The molecule has 40 heavy (non-hydrogen) atoms. The smallest absolute Gasteiger partial charge is 0.303 e. The van der Waals surface area contributed by atoms with Gasteiger partial charge in [0.1, 0.15) is 23.2 Å². The van der Waals surface area contributed by atoms with Crippen LogP contribution in [-0.2, 0) is 35.1 Å². The number of amides is 1. The third-order valence-corrected chi connectivity index (χ3v) is 8.79. The van der Waals surface area contributed by atoms with Crippen molar-refractivity contribution >= 4 is 23.6 Å². The molecular formula is C32H39NO7. The number of carbonyl (C=O) groups excluding carboxylic acids is 4. The fraction of sp³-hybridized carbons (Fsp3) is 0.500. The molecule has 0 radical (unpaired) electrons.